The number of aliphatic hydroxyl groups is 1. The molecular formula is C20H30N4O2. The summed E-state index contributed by atoms with van der Waals surface area (Å²) < 4.78 is 0. The molecule has 4 rings (SSSR count). The first kappa shape index (κ1) is 17.9. The molecular weight excluding hydrogens is 328 g/mol. The number of nitrogens with zero attached hydrogens (tertiary/aromatic N) is 3. The number of rotatable bonds is 2. The molecule has 4 heterocycles. The Morgan fingerprint density at radius 1 is 1.27 bits per heavy atom. The molecule has 0 aromatic carbocycles. The zero-order chi connectivity index (χ0) is 18.2. The predicted molar refractivity (Wildman–Crippen MR) is 99.5 cm³/mol. The highest BCUT2D eigenvalue weighted by Gasteiger charge is 2.47. The number of amides is 1. The van der Waals surface area contributed by atoms with E-state index in [4.69, 9.17) is 0 Å². The molecule has 26 heavy (non-hydrogen) atoms. The third-order valence-electron chi connectivity index (χ3n) is 6.79. The fourth-order valence-corrected chi connectivity index (χ4v) is 5.10. The second-order valence-corrected chi connectivity index (χ2v) is 8.48. The van der Waals surface area contributed by atoms with E-state index in [0.29, 0.717) is 31.3 Å². The van der Waals surface area contributed by atoms with Crippen LogP contribution in [0.1, 0.15) is 37.7 Å². The Balaban J connectivity index is 1.39. The number of likely N-dealkylation sites (N-methyl/N-ethyl adjacent to an activating group) is 1. The van der Waals surface area contributed by atoms with E-state index in [0.717, 1.165) is 31.6 Å². The molecule has 6 heteroatoms. The fourth-order valence-electron chi connectivity index (χ4n) is 5.10. The van der Waals surface area contributed by atoms with Crippen LogP contribution in [0.3, 0.4) is 0 Å². The van der Waals surface area contributed by atoms with E-state index in [1.165, 1.54) is 12.8 Å². The summed E-state index contributed by atoms with van der Waals surface area (Å²) in [5.41, 5.74) is 0.314. The lowest BCUT2D eigenvalue weighted by atomic mass is 9.77. The average Bonchev–Trinajstić information content (AvgIpc) is 2.98. The summed E-state index contributed by atoms with van der Waals surface area (Å²) in [6, 6.07) is 3.78. The number of hydrogen-bond donors (Lipinski definition) is 2. The first-order chi connectivity index (χ1) is 12.5. The molecule has 1 amide bonds. The Kier molecular flexibility index (Phi) is 4.75. The number of aromatic nitrogens is 1. The van der Waals surface area contributed by atoms with Gasteiger partial charge in [0.05, 0.1) is 11.6 Å². The van der Waals surface area contributed by atoms with Gasteiger partial charge in [-0.05, 0) is 63.7 Å². The van der Waals surface area contributed by atoms with Crippen molar-refractivity contribution in [1.29, 1.82) is 0 Å². The van der Waals surface area contributed by atoms with Crippen molar-refractivity contribution in [1.82, 2.24) is 20.1 Å². The monoisotopic (exact) mass is 358 g/mol. The van der Waals surface area contributed by atoms with Crippen LogP contribution in [-0.4, -0.2) is 71.6 Å². The zero-order valence-corrected chi connectivity index (χ0v) is 15.7. The first-order valence-corrected chi connectivity index (χ1v) is 9.84. The zero-order valence-electron chi connectivity index (χ0n) is 15.7. The lowest BCUT2D eigenvalue weighted by Crippen LogP contribution is -2.50. The number of pyridine rings is 1. The highest BCUT2D eigenvalue weighted by molar-refractivity contribution is 5.82. The Bertz CT molecular complexity index is 636. The van der Waals surface area contributed by atoms with E-state index in [1.54, 1.807) is 12.4 Å². The summed E-state index contributed by atoms with van der Waals surface area (Å²) in [4.78, 5) is 21.5. The van der Waals surface area contributed by atoms with Crippen molar-refractivity contribution in [3.8, 4) is 0 Å². The number of nitrogens with one attached hydrogen (secondary N) is 1. The molecule has 0 radical (unpaired) electrons. The van der Waals surface area contributed by atoms with Crippen LogP contribution < -0.4 is 5.32 Å². The molecule has 1 atom stereocenters. The number of carbonyl (C=O) groups excluding carboxylic acids is 1. The van der Waals surface area contributed by atoms with Crippen molar-refractivity contribution in [2.75, 3.05) is 39.8 Å². The van der Waals surface area contributed by atoms with Gasteiger partial charge in [0.2, 0.25) is 5.91 Å². The normalized spacial score (nSPS) is 28.4. The van der Waals surface area contributed by atoms with E-state index in [2.05, 4.69) is 22.2 Å². The molecule has 1 aromatic heterocycles. The van der Waals surface area contributed by atoms with E-state index in [1.807, 2.05) is 17.0 Å². The van der Waals surface area contributed by atoms with Gasteiger partial charge in [0.15, 0.2) is 0 Å². The maximum absolute atomic E-state index is 13.2. The van der Waals surface area contributed by atoms with Crippen LogP contribution >= 0.6 is 0 Å². The summed E-state index contributed by atoms with van der Waals surface area (Å²) in [6.45, 7) is 4.39. The van der Waals surface area contributed by atoms with Gasteiger partial charge in [-0.3, -0.25) is 14.7 Å². The smallest absolute Gasteiger partial charge is 0.239 e. The molecule has 1 spiro atoms. The number of carbonyl (C=O) groups is 1. The molecule has 3 aliphatic heterocycles. The van der Waals surface area contributed by atoms with Gasteiger partial charge in [-0.15, -0.1) is 0 Å². The molecule has 0 aliphatic carbocycles. The molecule has 3 fully saturated rings. The Morgan fingerprint density at radius 3 is 2.65 bits per heavy atom. The second kappa shape index (κ2) is 6.91. The molecule has 142 valence electrons. The maximum atomic E-state index is 13.2. The van der Waals surface area contributed by atoms with Crippen molar-refractivity contribution in [3.63, 3.8) is 0 Å². The summed E-state index contributed by atoms with van der Waals surface area (Å²) >= 11 is 0. The minimum atomic E-state index is -0.858. The Hall–Kier alpha value is -1.50. The van der Waals surface area contributed by atoms with Gasteiger partial charge in [0, 0.05) is 37.6 Å². The molecule has 3 saturated heterocycles. The quantitative estimate of drug-likeness (QED) is 0.824. The standard InChI is InChI=1S/C20H30N4O2/c1-23-15-19(4-9-21-10-5-19)13-17(23)18(25)24-11-6-20(26,7-12-24)16-3-2-8-22-14-16/h2-3,8,14,17,21,26H,4-7,9-13,15H2,1H3/t17-/m1/s1. The minimum absolute atomic E-state index is 0.00214. The third-order valence-corrected chi connectivity index (χ3v) is 6.79. The lowest BCUT2D eigenvalue weighted by Gasteiger charge is -2.40. The summed E-state index contributed by atoms with van der Waals surface area (Å²) in [7, 11) is 2.09. The molecule has 0 bridgehead atoms. The van der Waals surface area contributed by atoms with Crippen LogP contribution in [0.15, 0.2) is 24.5 Å². The average molecular weight is 358 g/mol. The van der Waals surface area contributed by atoms with E-state index < -0.39 is 5.60 Å². The largest absolute Gasteiger partial charge is 0.385 e. The van der Waals surface area contributed by atoms with Crippen LogP contribution in [0.4, 0.5) is 0 Å². The Morgan fingerprint density at radius 2 is 2.00 bits per heavy atom. The highest BCUT2D eigenvalue weighted by Crippen LogP contribution is 2.42. The van der Waals surface area contributed by atoms with Crippen molar-refractivity contribution in [3.05, 3.63) is 30.1 Å². The number of likely N-dealkylation sites (tertiary alicyclic amines) is 2. The van der Waals surface area contributed by atoms with Gasteiger partial charge in [0.25, 0.3) is 0 Å². The van der Waals surface area contributed by atoms with Crippen LogP contribution in [0, 0.1) is 5.41 Å². The SMILES string of the molecule is CN1CC2(CCNCC2)C[C@@H]1C(=O)N1CCC(O)(c2cccnc2)CC1. The molecule has 0 saturated carbocycles. The van der Waals surface area contributed by atoms with Crippen molar-refractivity contribution < 1.29 is 9.90 Å². The van der Waals surface area contributed by atoms with Crippen molar-refractivity contribution >= 4 is 5.91 Å². The molecule has 1 aromatic rings. The van der Waals surface area contributed by atoms with Crippen LogP contribution in [-0.2, 0) is 10.4 Å². The number of piperidine rings is 2. The maximum Gasteiger partial charge on any atom is 0.239 e. The third kappa shape index (κ3) is 3.26. The van der Waals surface area contributed by atoms with Gasteiger partial charge in [-0.1, -0.05) is 6.07 Å². The molecule has 0 unspecified atom stereocenters. The molecule has 6 nitrogen and oxygen atoms in total. The van der Waals surface area contributed by atoms with Crippen LogP contribution in [0.25, 0.3) is 0 Å². The van der Waals surface area contributed by atoms with Gasteiger partial charge >= 0.3 is 0 Å². The summed E-state index contributed by atoms with van der Waals surface area (Å²) in [6.07, 6.45) is 7.93. The second-order valence-electron chi connectivity index (χ2n) is 8.48. The van der Waals surface area contributed by atoms with Gasteiger partial charge in [-0.25, -0.2) is 0 Å². The molecule has 2 N–H and O–H groups in total. The van der Waals surface area contributed by atoms with Crippen LogP contribution in [0.5, 0.6) is 0 Å². The van der Waals surface area contributed by atoms with E-state index in [9.17, 15) is 9.90 Å². The summed E-state index contributed by atoms with van der Waals surface area (Å²) in [5, 5.41) is 14.4. The minimum Gasteiger partial charge on any atom is -0.385 e. The number of hydrogen-bond acceptors (Lipinski definition) is 5. The highest BCUT2D eigenvalue weighted by atomic mass is 16.3. The van der Waals surface area contributed by atoms with Crippen molar-refractivity contribution in [2.24, 2.45) is 5.41 Å². The lowest BCUT2D eigenvalue weighted by molar-refractivity contribution is -0.140. The van der Waals surface area contributed by atoms with Gasteiger partial charge < -0.3 is 15.3 Å². The summed E-state index contributed by atoms with van der Waals surface area (Å²) in [5.74, 6) is 0.246. The fraction of sp³-hybridized carbons (Fsp3) is 0.700. The molecule has 3 aliphatic rings. The van der Waals surface area contributed by atoms with E-state index in [-0.39, 0.29) is 11.9 Å². The van der Waals surface area contributed by atoms with Crippen LogP contribution in [0.2, 0.25) is 0 Å². The van der Waals surface area contributed by atoms with Gasteiger partial charge in [0.1, 0.15) is 0 Å². The Labute approximate surface area is 155 Å². The van der Waals surface area contributed by atoms with Crippen molar-refractivity contribution in [2.45, 2.75) is 43.7 Å². The first-order valence-electron chi connectivity index (χ1n) is 9.84. The van der Waals surface area contributed by atoms with E-state index >= 15 is 0 Å². The topological polar surface area (TPSA) is 68.7 Å². The predicted octanol–water partition coefficient (Wildman–Crippen LogP) is 0.966. The van der Waals surface area contributed by atoms with Gasteiger partial charge in [-0.2, -0.15) is 0 Å².